The minimum Gasteiger partial charge on any atom is -0.480 e. The van der Waals surface area contributed by atoms with Gasteiger partial charge in [-0.2, -0.15) is 0 Å². The lowest BCUT2D eigenvalue weighted by atomic mass is 9.87. The van der Waals surface area contributed by atoms with Gasteiger partial charge in [-0.15, -0.1) is 0 Å². The van der Waals surface area contributed by atoms with E-state index in [1.807, 2.05) is 47.4 Å². The van der Waals surface area contributed by atoms with Gasteiger partial charge >= 0.3 is 5.97 Å². The Morgan fingerprint density at radius 3 is 2.09 bits per heavy atom. The molecule has 0 spiro atoms. The van der Waals surface area contributed by atoms with Crippen molar-refractivity contribution in [3.05, 3.63) is 65.7 Å². The highest BCUT2D eigenvalue weighted by Crippen LogP contribution is 2.25. The third-order valence-corrected chi connectivity index (χ3v) is 3.64. The monoisotopic (exact) mass is 297 g/mol. The van der Waals surface area contributed by atoms with Gasteiger partial charge in [0.05, 0.1) is 0 Å². The molecule has 0 aliphatic rings. The van der Waals surface area contributed by atoms with Crippen molar-refractivity contribution >= 4 is 11.7 Å². The van der Waals surface area contributed by atoms with Crippen LogP contribution >= 0.6 is 0 Å². The Hall–Kier alpha value is -2.29. The van der Waals surface area contributed by atoms with Gasteiger partial charge in [0.2, 0.25) is 0 Å². The number of nitrogens with zero attached hydrogens (tertiary/aromatic N) is 1. The molecule has 0 fully saturated rings. The maximum Gasteiger partial charge on any atom is 0.323 e. The Kier molecular flexibility index (Phi) is 4.86. The summed E-state index contributed by atoms with van der Waals surface area (Å²) in [6.45, 7) is 7.08. The van der Waals surface area contributed by atoms with Gasteiger partial charge in [0.15, 0.2) is 0 Å². The van der Waals surface area contributed by atoms with E-state index in [9.17, 15) is 4.79 Å². The van der Waals surface area contributed by atoms with Gasteiger partial charge in [0.25, 0.3) is 0 Å². The number of carbonyl (C=O) groups is 1. The lowest BCUT2D eigenvalue weighted by molar-refractivity contribution is -0.135. The van der Waals surface area contributed by atoms with E-state index in [0.29, 0.717) is 6.54 Å². The minimum atomic E-state index is -0.823. The first kappa shape index (κ1) is 16.1. The van der Waals surface area contributed by atoms with Crippen LogP contribution in [-0.2, 0) is 16.8 Å². The zero-order chi connectivity index (χ0) is 16.2. The molecule has 0 atom stereocenters. The summed E-state index contributed by atoms with van der Waals surface area (Å²) in [7, 11) is 0. The van der Waals surface area contributed by atoms with Crippen molar-refractivity contribution in [1.82, 2.24) is 0 Å². The molecular weight excluding hydrogens is 274 g/mol. The second-order valence-electron chi connectivity index (χ2n) is 6.53. The van der Waals surface area contributed by atoms with E-state index in [0.717, 1.165) is 11.3 Å². The summed E-state index contributed by atoms with van der Waals surface area (Å²) in [5, 5.41) is 9.17. The fraction of sp³-hybridized carbons (Fsp3) is 0.316. The first-order chi connectivity index (χ1) is 10.4. The van der Waals surface area contributed by atoms with Crippen molar-refractivity contribution in [2.75, 3.05) is 11.4 Å². The molecular formula is C19H23NO2. The van der Waals surface area contributed by atoms with Crippen LogP contribution in [0.2, 0.25) is 0 Å². The lowest BCUT2D eigenvalue weighted by Gasteiger charge is -2.25. The molecule has 0 saturated heterocycles. The molecule has 0 aliphatic carbocycles. The average molecular weight is 297 g/mol. The molecule has 3 heteroatoms. The number of aliphatic carboxylic acids is 1. The second kappa shape index (κ2) is 6.65. The zero-order valence-corrected chi connectivity index (χ0v) is 13.4. The number of carboxylic acids is 1. The predicted octanol–water partition coefficient (Wildman–Crippen LogP) is 4.08. The topological polar surface area (TPSA) is 40.5 Å². The van der Waals surface area contributed by atoms with Crippen LogP contribution in [0, 0.1) is 0 Å². The molecule has 116 valence electrons. The number of hydrogen-bond donors (Lipinski definition) is 1. The Morgan fingerprint density at radius 1 is 1.00 bits per heavy atom. The first-order valence-corrected chi connectivity index (χ1v) is 7.47. The van der Waals surface area contributed by atoms with E-state index in [2.05, 4.69) is 32.9 Å². The molecule has 0 aliphatic heterocycles. The number of hydrogen-bond acceptors (Lipinski definition) is 2. The molecule has 0 heterocycles. The fourth-order valence-corrected chi connectivity index (χ4v) is 2.38. The molecule has 0 unspecified atom stereocenters. The van der Waals surface area contributed by atoms with Gasteiger partial charge < -0.3 is 10.0 Å². The number of carboxylic acid groups (broad SMARTS) is 1. The van der Waals surface area contributed by atoms with Crippen molar-refractivity contribution < 1.29 is 9.90 Å². The van der Waals surface area contributed by atoms with Crippen molar-refractivity contribution in [1.29, 1.82) is 0 Å². The summed E-state index contributed by atoms with van der Waals surface area (Å²) in [5.41, 5.74) is 3.37. The largest absolute Gasteiger partial charge is 0.480 e. The summed E-state index contributed by atoms with van der Waals surface area (Å²) in [5.74, 6) is -0.823. The van der Waals surface area contributed by atoms with Crippen LogP contribution < -0.4 is 4.90 Å². The van der Waals surface area contributed by atoms with Crippen molar-refractivity contribution in [2.24, 2.45) is 0 Å². The van der Waals surface area contributed by atoms with Gasteiger partial charge in [-0.3, -0.25) is 4.79 Å². The van der Waals surface area contributed by atoms with Crippen LogP contribution in [0.25, 0.3) is 0 Å². The zero-order valence-electron chi connectivity index (χ0n) is 13.4. The lowest BCUT2D eigenvalue weighted by Crippen LogP contribution is -2.29. The Balaban J connectivity index is 2.23. The highest BCUT2D eigenvalue weighted by Gasteiger charge is 2.15. The molecule has 0 radical (unpaired) electrons. The Labute approximate surface area is 132 Å². The first-order valence-electron chi connectivity index (χ1n) is 7.47. The van der Waals surface area contributed by atoms with Gasteiger partial charge in [-0.05, 0) is 28.7 Å². The standard InChI is InChI=1S/C19H23NO2/c1-19(2,3)16-9-11-17(12-10-16)20(14-18(21)22)13-15-7-5-4-6-8-15/h4-12H,13-14H2,1-3H3,(H,21,22). The number of anilines is 1. The van der Waals surface area contributed by atoms with E-state index >= 15 is 0 Å². The van der Waals surface area contributed by atoms with Gasteiger partial charge in [-0.25, -0.2) is 0 Å². The second-order valence-corrected chi connectivity index (χ2v) is 6.53. The average Bonchev–Trinajstić information content (AvgIpc) is 2.46. The number of benzene rings is 2. The maximum atomic E-state index is 11.2. The highest BCUT2D eigenvalue weighted by atomic mass is 16.4. The van der Waals surface area contributed by atoms with Crippen LogP contribution in [0.3, 0.4) is 0 Å². The van der Waals surface area contributed by atoms with Crippen LogP contribution in [0.15, 0.2) is 54.6 Å². The van der Waals surface area contributed by atoms with E-state index in [1.54, 1.807) is 0 Å². The molecule has 22 heavy (non-hydrogen) atoms. The predicted molar refractivity (Wildman–Crippen MR) is 90.3 cm³/mol. The normalized spacial score (nSPS) is 11.2. The summed E-state index contributed by atoms with van der Waals surface area (Å²) < 4.78 is 0. The molecule has 2 aromatic rings. The Morgan fingerprint density at radius 2 is 1.59 bits per heavy atom. The molecule has 2 aromatic carbocycles. The molecule has 0 saturated carbocycles. The van der Waals surface area contributed by atoms with Crippen LogP contribution in [0.4, 0.5) is 5.69 Å². The Bertz CT molecular complexity index is 612. The van der Waals surface area contributed by atoms with Crippen molar-refractivity contribution in [3.63, 3.8) is 0 Å². The quantitative estimate of drug-likeness (QED) is 0.904. The van der Waals surface area contributed by atoms with E-state index < -0.39 is 5.97 Å². The van der Waals surface area contributed by atoms with E-state index in [4.69, 9.17) is 5.11 Å². The molecule has 0 amide bonds. The molecule has 0 aromatic heterocycles. The third-order valence-electron chi connectivity index (χ3n) is 3.64. The van der Waals surface area contributed by atoms with Crippen molar-refractivity contribution in [2.45, 2.75) is 32.7 Å². The summed E-state index contributed by atoms with van der Waals surface area (Å²) in [4.78, 5) is 13.0. The third kappa shape index (κ3) is 4.35. The van der Waals surface area contributed by atoms with Crippen LogP contribution in [0.5, 0.6) is 0 Å². The molecule has 3 nitrogen and oxygen atoms in total. The van der Waals surface area contributed by atoms with Crippen LogP contribution in [0.1, 0.15) is 31.9 Å². The molecule has 1 N–H and O–H groups in total. The number of rotatable bonds is 5. The van der Waals surface area contributed by atoms with E-state index in [-0.39, 0.29) is 12.0 Å². The van der Waals surface area contributed by atoms with Gasteiger partial charge in [0, 0.05) is 12.2 Å². The maximum absolute atomic E-state index is 11.2. The minimum absolute atomic E-state index is 0.0102. The SMILES string of the molecule is CC(C)(C)c1ccc(N(CC(=O)O)Cc2ccccc2)cc1. The highest BCUT2D eigenvalue weighted by molar-refractivity contribution is 5.73. The molecule has 2 rings (SSSR count). The fourth-order valence-electron chi connectivity index (χ4n) is 2.38. The summed E-state index contributed by atoms with van der Waals surface area (Å²) in [6.07, 6.45) is 0. The smallest absolute Gasteiger partial charge is 0.323 e. The van der Waals surface area contributed by atoms with Gasteiger partial charge in [-0.1, -0.05) is 63.2 Å². The molecule has 0 bridgehead atoms. The summed E-state index contributed by atoms with van der Waals surface area (Å²) >= 11 is 0. The van der Waals surface area contributed by atoms with E-state index in [1.165, 1.54) is 5.56 Å². The summed E-state index contributed by atoms with van der Waals surface area (Å²) in [6, 6.07) is 18.1. The van der Waals surface area contributed by atoms with Gasteiger partial charge in [0.1, 0.15) is 6.54 Å². The van der Waals surface area contributed by atoms with Crippen molar-refractivity contribution in [3.8, 4) is 0 Å². The van der Waals surface area contributed by atoms with Crippen LogP contribution in [-0.4, -0.2) is 17.6 Å².